The fraction of sp³-hybridized carbons (Fsp3) is 0.462. The number of nitrogens with zero attached hydrogens (tertiary/aromatic N) is 2. The van der Waals surface area contributed by atoms with Crippen LogP contribution in [-0.2, 0) is 10.0 Å². The summed E-state index contributed by atoms with van der Waals surface area (Å²) >= 11 is 4.96. The van der Waals surface area contributed by atoms with Gasteiger partial charge in [0.2, 0.25) is 10.0 Å². The van der Waals surface area contributed by atoms with Gasteiger partial charge in [0, 0.05) is 26.2 Å². The van der Waals surface area contributed by atoms with Crippen LogP contribution in [0.15, 0.2) is 29.2 Å². The number of thiocarbonyl (C=S) groups is 1. The molecule has 0 aromatic heterocycles. The molecule has 21 heavy (non-hydrogen) atoms. The van der Waals surface area contributed by atoms with E-state index in [9.17, 15) is 12.8 Å². The van der Waals surface area contributed by atoms with Crippen LogP contribution >= 0.6 is 12.2 Å². The van der Waals surface area contributed by atoms with Gasteiger partial charge in [-0.15, -0.1) is 0 Å². The molecule has 0 radical (unpaired) electrons. The first-order valence-electron chi connectivity index (χ1n) is 6.61. The van der Waals surface area contributed by atoms with E-state index in [2.05, 4.69) is 0 Å². The molecular formula is C13H18FN3O2S2. The van der Waals surface area contributed by atoms with E-state index in [1.807, 2.05) is 11.8 Å². The summed E-state index contributed by atoms with van der Waals surface area (Å²) in [4.78, 5) is 2.43. The minimum atomic E-state index is -3.65. The third-order valence-corrected chi connectivity index (χ3v) is 5.90. The van der Waals surface area contributed by atoms with Crippen LogP contribution in [0.2, 0.25) is 0 Å². The van der Waals surface area contributed by atoms with Gasteiger partial charge in [0.15, 0.2) is 0 Å². The van der Waals surface area contributed by atoms with E-state index in [0.717, 1.165) is 6.07 Å². The summed E-state index contributed by atoms with van der Waals surface area (Å²) in [6, 6.07) is 5.01. The van der Waals surface area contributed by atoms with Gasteiger partial charge in [-0.05, 0) is 25.1 Å². The van der Waals surface area contributed by atoms with Gasteiger partial charge in [-0.2, -0.15) is 4.31 Å². The molecule has 0 spiro atoms. The highest BCUT2D eigenvalue weighted by molar-refractivity contribution is 7.89. The average molecular weight is 331 g/mol. The van der Waals surface area contributed by atoms with E-state index in [1.165, 1.54) is 22.5 Å². The molecule has 2 rings (SSSR count). The van der Waals surface area contributed by atoms with E-state index >= 15 is 0 Å². The van der Waals surface area contributed by atoms with Crippen molar-refractivity contribution in [3.05, 3.63) is 30.1 Å². The predicted molar refractivity (Wildman–Crippen MR) is 83.0 cm³/mol. The molecular weight excluding hydrogens is 313 g/mol. The highest BCUT2D eigenvalue weighted by atomic mass is 32.2. The second-order valence-corrected chi connectivity index (χ2v) is 7.39. The molecule has 116 valence electrons. The van der Waals surface area contributed by atoms with Gasteiger partial charge in [-0.1, -0.05) is 18.3 Å². The largest absolute Gasteiger partial charge is 0.392 e. The highest BCUT2D eigenvalue weighted by Crippen LogP contribution is 2.19. The molecule has 1 aromatic carbocycles. The lowest BCUT2D eigenvalue weighted by Gasteiger charge is -2.36. The molecule has 0 amide bonds. The standard InChI is InChI=1S/C13H18FN3O2S2/c1-10(13(15)20)16-5-7-17(8-6-16)21(18,19)12-4-2-3-11(14)9-12/h2-4,9-10H,5-8H2,1H3,(H2,15,20). The fourth-order valence-corrected chi connectivity index (χ4v) is 3.89. The van der Waals surface area contributed by atoms with Crippen molar-refractivity contribution in [3.8, 4) is 0 Å². The lowest BCUT2D eigenvalue weighted by Crippen LogP contribution is -2.53. The Bertz CT molecular complexity index is 628. The summed E-state index contributed by atoms with van der Waals surface area (Å²) in [5.41, 5.74) is 5.61. The number of hydrogen-bond donors (Lipinski definition) is 1. The van der Waals surface area contributed by atoms with Crippen molar-refractivity contribution >= 4 is 27.2 Å². The van der Waals surface area contributed by atoms with Crippen LogP contribution < -0.4 is 5.73 Å². The molecule has 1 fully saturated rings. The van der Waals surface area contributed by atoms with Crippen LogP contribution in [0.1, 0.15) is 6.92 Å². The molecule has 2 N–H and O–H groups in total. The maximum absolute atomic E-state index is 13.2. The summed E-state index contributed by atoms with van der Waals surface area (Å²) in [6.45, 7) is 3.68. The fourth-order valence-electron chi connectivity index (χ4n) is 2.29. The molecule has 1 atom stereocenters. The van der Waals surface area contributed by atoms with Crippen molar-refractivity contribution in [1.82, 2.24) is 9.21 Å². The molecule has 1 saturated heterocycles. The molecule has 0 bridgehead atoms. The van der Waals surface area contributed by atoms with E-state index < -0.39 is 15.8 Å². The van der Waals surface area contributed by atoms with E-state index in [-0.39, 0.29) is 10.9 Å². The van der Waals surface area contributed by atoms with Crippen molar-refractivity contribution in [3.63, 3.8) is 0 Å². The number of rotatable bonds is 4. The highest BCUT2D eigenvalue weighted by Gasteiger charge is 2.30. The Balaban J connectivity index is 2.09. The van der Waals surface area contributed by atoms with Crippen LogP contribution in [-0.4, -0.2) is 54.8 Å². The molecule has 8 heteroatoms. The first-order valence-corrected chi connectivity index (χ1v) is 8.46. The Morgan fingerprint density at radius 1 is 1.33 bits per heavy atom. The SMILES string of the molecule is CC(C(N)=S)N1CCN(S(=O)(=O)c2cccc(F)c2)CC1. The molecule has 1 aliphatic heterocycles. The number of piperazine rings is 1. The number of sulfonamides is 1. The van der Waals surface area contributed by atoms with Gasteiger partial charge in [-0.3, -0.25) is 4.90 Å². The van der Waals surface area contributed by atoms with Crippen molar-refractivity contribution in [2.75, 3.05) is 26.2 Å². The van der Waals surface area contributed by atoms with Gasteiger partial charge in [0.25, 0.3) is 0 Å². The summed E-state index contributed by atoms with van der Waals surface area (Å²) in [5, 5.41) is 0. The average Bonchev–Trinajstić information content (AvgIpc) is 2.46. The van der Waals surface area contributed by atoms with Crippen LogP contribution in [0.3, 0.4) is 0 Å². The minimum absolute atomic E-state index is 0.0154. The Morgan fingerprint density at radius 3 is 2.48 bits per heavy atom. The van der Waals surface area contributed by atoms with Crippen molar-refractivity contribution in [1.29, 1.82) is 0 Å². The van der Waals surface area contributed by atoms with Crippen LogP contribution in [0.5, 0.6) is 0 Å². The molecule has 0 saturated carbocycles. The van der Waals surface area contributed by atoms with E-state index in [1.54, 1.807) is 0 Å². The Hall–Kier alpha value is -1.09. The Labute approximate surface area is 129 Å². The normalized spacial score (nSPS) is 19.3. The van der Waals surface area contributed by atoms with Gasteiger partial charge >= 0.3 is 0 Å². The molecule has 5 nitrogen and oxygen atoms in total. The molecule has 1 unspecified atom stereocenters. The number of nitrogens with two attached hydrogens (primary N) is 1. The van der Waals surface area contributed by atoms with Crippen molar-refractivity contribution in [2.24, 2.45) is 5.73 Å². The predicted octanol–water partition coefficient (Wildman–Crippen LogP) is 0.807. The lowest BCUT2D eigenvalue weighted by molar-refractivity contribution is 0.175. The zero-order valence-electron chi connectivity index (χ0n) is 11.7. The maximum Gasteiger partial charge on any atom is 0.243 e. The second kappa shape index (κ2) is 6.35. The zero-order chi connectivity index (χ0) is 15.6. The van der Waals surface area contributed by atoms with Gasteiger partial charge < -0.3 is 5.73 Å². The Kier molecular flexibility index (Phi) is 4.92. The first kappa shape index (κ1) is 16.3. The summed E-state index contributed by atoms with van der Waals surface area (Å²) in [5.74, 6) is -0.559. The van der Waals surface area contributed by atoms with Gasteiger partial charge in [-0.25, -0.2) is 12.8 Å². The number of benzene rings is 1. The first-order chi connectivity index (χ1) is 9.82. The summed E-state index contributed by atoms with van der Waals surface area (Å²) < 4.78 is 39.4. The molecule has 1 aliphatic rings. The molecule has 1 heterocycles. The zero-order valence-corrected chi connectivity index (χ0v) is 13.3. The van der Waals surface area contributed by atoms with Crippen molar-refractivity contribution < 1.29 is 12.8 Å². The Morgan fingerprint density at radius 2 is 1.95 bits per heavy atom. The smallest absolute Gasteiger partial charge is 0.243 e. The summed E-state index contributed by atoms with van der Waals surface area (Å²) in [7, 11) is -3.65. The quantitative estimate of drug-likeness (QED) is 0.827. The van der Waals surface area contributed by atoms with E-state index in [4.69, 9.17) is 18.0 Å². The van der Waals surface area contributed by atoms with Crippen molar-refractivity contribution in [2.45, 2.75) is 17.9 Å². The third-order valence-electron chi connectivity index (χ3n) is 3.67. The van der Waals surface area contributed by atoms with Gasteiger partial charge in [0.05, 0.1) is 15.9 Å². The van der Waals surface area contributed by atoms with Crippen LogP contribution in [0, 0.1) is 5.82 Å². The van der Waals surface area contributed by atoms with Gasteiger partial charge in [0.1, 0.15) is 5.82 Å². The topological polar surface area (TPSA) is 66.6 Å². The second-order valence-electron chi connectivity index (χ2n) is 4.98. The molecule has 0 aliphatic carbocycles. The van der Waals surface area contributed by atoms with Crippen LogP contribution in [0.4, 0.5) is 4.39 Å². The molecule has 1 aromatic rings. The monoisotopic (exact) mass is 331 g/mol. The maximum atomic E-state index is 13.2. The number of hydrogen-bond acceptors (Lipinski definition) is 4. The summed E-state index contributed by atoms with van der Waals surface area (Å²) in [6.07, 6.45) is 0. The minimum Gasteiger partial charge on any atom is -0.392 e. The van der Waals surface area contributed by atoms with Crippen LogP contribution in [0.25, 0.3) is 0 Å². The van der Waals surface area contributed by atoms with E-state index in [0.29, 0.717) is 31.2 Å². The number of halogens is 1. The lowest BCUT2D eigenvalue weighted by atomic mass is 10.2. The third kappa shape index (κ3) is 3.57.